The highest BCUT2D eigenvalue weighted by molar-refractivity contribution is 5.92. The molecular weight excluding hydrogens is 380 g/mol. The molecule has 0 aliphatic heterocycles. The van der Waals surface area contributed by atoms with Crippen molar-refractivity contribution in [2.75, 3.05) is 5.32 Å². The number of aromatic nitrogens is 2. The van der Waals surface area contributed by atoms with E-state index >= 15 is 0 Å². The molecule has 156 valence electrons. The van der Waals surface area contributed by atoms with Crippen LogP contribution in [0.1, 0.15) is 51.1 Å². The molecule has 0 saturated heterocycles. The molecule has 6 nitrogen and oxygen atoms in total. The zero-order chi connectivity index (χ0) is 20.8. The second-order valence-corrected chi connectivity index (χ2v) is 7.42. The molecule has 1 amide bonds. The van der Waals surface area contributed by atoms with Gasteiger partial charge in [0.2, 0.25) is 11.8 Å². The SMILES string of the molecule is CC(C)c1cncc(OC2CCC(C(=O)Nc3ccc(OC(F)F)cc3)CC2)n1. The molecule has 1 saturated carbocycles. The predicted octanol–water partition coefficient (Wildman–Crippen LogP) is 4.78. The lowest BCUT2D eigenvalue weighted by molar-refractivity contribution is -0.121. The van der Waals surface area contributed by atoms with Crippen LogP contribution in [0.3, 0.4) is 0 Å². The Morgan fingerprint density at radius 2 is 1.79 bits per heavy atom. The Morgan fingerprint density at radius 3 is 2.41 bits per heavy atom. The number of nitrogens with zero attached hydrogens (tertiary/aromatic N) is 2. The monoisotopic (exact) mass is 405 g/mol. The van der Waals surface area contributed by atoms with E-state index in [2.05, 4.69) is 33.9 Å². The third-order valence-electron chi connectivity index (χ3n) is 4.90. The standard InChI is InChI=1S/C21H25F2N3O3/c1-13(2)18-11-24-12-19(26-18)28-16-7-3-14(4-8-16)20(27)25-15-5-9-17(10-6-15)29-21(22)23/h5-6,9-14,16,21H,3-4,7-8H2,1-2H3,(H,25,27). The van der Waals surface area contributed by atoms with Crippen molar-refractivity contribution in [3.8, 4) is 11.6 Å². The first-order valence-corrected chi connectivity index (χ1v) is 9.75. The van der Waals surface area contributed by atoms with Crippen molar-refractivity contribution in [2.45, 2.75) is 58.2 Å². The lowest BCUT2D eigenvalue weighted by Gasteiger charge is -2.28. The third-order valence-corrected chi connectivity index (χ3v) is 4.90. The summed E-state index contributed by atoms with van der Waals surface area (Å²) >= 11 is 0. The molecule has 0 unspecified atom stereocenters. The second-order valence-electron chi connectivity index (χ2n) is 7.42. The fourth-order valence-electron chi connectivity index (χ4n) is 3.27. The molecule has 1 heterocycles. The topological polar surface area (TPSA) is 73.3 Å². The van der Waals surface area contributed by atoms with Crippen LogP contribution in [-0.4, -0.2) is 28.6 Å². The fraction of sp³-hybridized carbons (Fsp3) is 0.476. The number of halogens is 2. The van der Waals surface area contributed by atoms with Gasteiger partial charge in [-0.1, -0.05) is 13.8 Å². The first-order valence-electron chi connectivity index (χ1n) is 9.75. The van der Waals surface area contributed by atoms with Crippen LogP contribution in [0.4, 0.5) is 14.5 Å². The van der Waals surface area contributed by atoms with E-state index in [4.69, 9.17) is 4.74 Å². The molecule has 1 aromatic heterocycles. The van der Waals surface area contributed by atoms with Crippen LogP contribution in [0, 0.1) is 5.92 Å². The number of anilines is 1. The van der Waals surface area contributed by atoms with Crippen molar-refractivity contribution in [3.63, 3.8) is 0 Å². The van der Waals surface area contributed by atoms with Gasteiger partial charge in [0.1, 0.15) is 11.9 Å². The van der Waals surface area contributed by atoms with Gasteiger partial charge in [0.05, 0.1) is 11.9 Å². The number of carbonyl (C=O) groups excluding carboxylic acids is 1. The van der Waals surface area contributed by atoms with Gasteiger partial charge in [-0.05, 0) is 55.9 Å². The summed E-state index contributed by atoms with van der Waals surface area (Å²) in [6.45, 7) is 1.24. The summed E-state index contributed by atoms with van der Waals surface area (Å²) in [5.41, 5.74) is 1.44. The Morgan fingerprint density at radius 1 is 1.10 bits per heavy atom. The average molecular weight is 405 g/mol. The Kier molecular flexibility index (Phi) is 6.95. The number of rotatable bonds is 7. The summed E-state index contributed by atoms with van der Waals surface area (Å²) in [5.74, 6) is 0.671. The molecule has 3 rings (SSSR count). The molecule has 8 heteroatoms. The lowest BCUT2D eigenvalue weighted by atomic mass is 9.86. The Balaban J connectivity index is 1.47. The molecule has 1 N–H and O–H groups in total. The number of ether oxygens (including phenoxy) is 2. The average Bonchev–Trinajstić information content (AvgIpc) is 2.70. The number of carbonyl (C=O) groups is 1. The maximum Gasteiger partial charge on any atom is 0.387 e. The van der Waals surface area contributed by atoms with Gasteiger partial charge in [-0.2, -0.15) is 8.78 Å². The molecule has 29 heavy (non-hydrogen) atoms. The Bertz CT molecular complexity index is 807. The molecule has 1 fully saturated rings. The van der Waals surface area contributed by atoms with Crippen LogP contribution in [-0.2, 0) is 4.79 Å². The van der Waals surface area contributed by atoms with Gasteiger partial charge in [-0.25, -0.2) is 4.98 Å². The van der Waals surface area contributed by atoms with Gasteiger partial charge < -0.3 is 14.8 Å². The minimum absolute atomic E-state index is 0.0153. The van der Waals surface area contributed by atoms with Crippen molar-refractivity contribution in [2.24, 2.45) is 5.92 Å². The number of amides is 1. The zero-order valence-corrected chi connectivity index (χ0v) is 16.5. The Labute approximate surface area is 168 Å². The first-order chi connectivity index (χ1) is 13.9. The smallest absolute Gasteiger partial charge is 0.387 e. The fourth-order valence-corrected chi connectivity index (χ4v) is 3.27. The van der Waals surface area contributed by atoms with E-state index in [0.29, 0.717) is 24.4 Å². The van der Waals surface area contributed by atoms with Crippen LogP contribution in [0.15, 0.2) is 36.7 Å². The normalized spacial score (nSPS) is 19.2. The first kappa shape index (κ1) is 21.0. The molecular formula is C21H25F2N3O3. The van der Waals surface area contributed by atoms with Gasteiger partial charge in [-0.15, -0.1) is 0 Å². The van der Waals surface area contributed by atoms with Gasteiger partial charge >= 0.3 is 6.61 Å². The highest BCUT2D eigenvalue weighted by Gasteiger charge is 2.27. The van der Waals surface area contributed by atoms with Crippen molar-refractivity contribution < 1.29 is 23.0 Å². The molecule has 1 aromatic carbocycles. The third kappa shape index (κ3) is 6.10. The molecule has 2 aromatic rings. The van der Waals surface area contributed by atoms with Gasteiger partial charge in [0, 0.05) is 17.8 Å². The highest BCUT2D eigenvalue weighted by atomic mass is 19.3. The molecule has 1 aliphatic rings. The van der Waals surface area contributed by atoms with E-state index in [0.717, 1.165) is 18.5 Å². The summed E-state index contributed by atoms with van der Waals surface area (Å²) in [4.78, 5) is 21.2. The van der Waals surface area contributed by atoms with Crippen LogP contribution in [0.5, 0.6) is 11.6 Å². The van der Waals surface area contributed by atoms with Crippen molar-refractivity contribution in [1.82, 2.24) is 9.97 Å². The van der Waals surface area contributed by atoms with E-state index in [9.17, 15) is 13.6 Å². The quantitative estimate of drug-likeness (QED) is 0.718. The minimum Gasteiger partial charge on any atom is -0.473 e. The second kappa shape index (κ2) is 9.62. The van der Waals surface area contributed by atoms with E-state index in [1.807, 2.05) is 0 Å². The van der Waals surface area contributed by atoms with Crippen LogP contribution in [0.2, 0.25) is 0 Å². The number of hydrogen-bond donors (Lipinski definition) is 1. The summed E-state index contributed by atoms with van der Waals surface area (Å²) in [6.07, 6.45) is 6.30. The van der Waals surface area contributed by atoms with E-state index < -0.39 is 6.61 Å². The van der Waals surface area contributed by atoms with Crippen LogP contribution >= 0.6 is 0 Å². The van der Waals surface area contributed by atoms with E-state index in [-0.39, 0.29) is 29.6 Å². The summed E-state index contributed by atoms with van der Waals surface area (Å²) in [5, 5.41) is 2.83. The van der Waals surface area contributed by atoms with Crippen LogP contribution in [0.25, 0.3) is 0 Å². The van der Waals surface area contributed by atoms with Gasteiger partial charge in [0.15, 0.2) is 0 Å². The summed E-state index contributed by atoms with van der Waals surface area (Å²) < 4.78 is 34.6. The molecule has 1 aliphatic carbocycles. The molecule has 0 radical (unpaired) electrons. The van der Waals surface area contributed by atoms with Gasteiger partial charge in [0.25, 0.3) is 0 Å². The maximum absolute atomic E-state index is 12.5. The predicted molar refractivity (Wildman–Crippen MR) is 104 cm³/mol. The van der Waals surface area contributed by atoms with E-state index in [1.54, 1.807) is 24.5 Å². The Hall–Kier alpha value is -2.77. The lowest BCUT2D eigenvalue weighted by Crippen LogP contribution is -2.31. The van der Waals surface area contributed by atoms with Crippen molar-refractivity contribution in [1.29, 1.82) is 0 Å². The van der Waals surface area contributed by atoms with Gasteiger partial charge in [-0.3, -0.25) is 9.78 Å². The van der Waals surface area contributed by atoms with Crippen molar-refractivity contribution in [3.05, 3.63) is 42.4 Å². The van der Waals surface area contributed by atoms with E-state index in [1.165, 1.54) is 12.1 Å². The molecule has 0 spiro atoms. The highest BCUT2D eigenvalue weighted by Crippen LogP contribution is 2.29. The number of nitrogens with one attached hydrogen (secondary N) is 1. The summed E-state index contributed by atoms with van der Waals surface area (Å²) in [7, 11) is 0. The number of benzene rings is 1. The number of hydrogen-bond acceptors (Lipinski definition) is 5. The number of alkyl halides is 2. The maximum atomic E-state index is 12.5. The zero-order valence-electron chi connectivity index (χ0n) is 16.5. The molecule has 0 bridgehead atoms. The summed E-state index contributed by atoms with van der Waals surface area (Å²) in [6, 6.07) is 5.90. The minimum atomic E-state index is -2.87. The largest absolute Gasteiger partial charge is 0.473 e. The van der Waals surface area contributed by atoms with Crippen molar-refractivity contribution >= 4 is 11.6 Å². The van der Waals surface area contributed by atoms with Crippen LogP contribution < -0.4 is 14.8 Å². The molecule has 0 atom stereocenters.